The summed E-state index contributed by atoms with van der Waals surface area (Å²) in [4.78, 5) is 21.9. The van der Waals surface area contributed by atoms with Gasteiger partial charge in [-0.2, -0.15) is 0 Å². The molecule has 7 nitrogen and oxygen atoms in total. The monoisotopic (exact) mass is 370 g/mol. The number of nitrogens with zero attached hydrogens (tertiary/aromatic N) is 3. The summed E-state index contributed by atoms with van der Waals surface area (Å²) in [5.74, 6) is 0.837. The Morgan fingerprint density at radius 3 is 2.59 bits per heavy atom. The van der Waals surface area contributed by atoms with Crippen LogP contribution in [-0.4, -0.2) is 84.3 Å². The highest BCUT2D eigenvalue weighted by molar-refractivity contribution is 5.92. The van der Waals surface area contributed by atoms with Crippen molar-refractivity contribution in [2.75, 3.05) is 51.3 Å². The van der Waals surface area contributed by atoms with Crippen LogP contribution in [-0.2, 0) is 0 Å². The first-order chi connectivity index (χ1) is 13.2. The largest absolute Gasteiger partial charge is 0.495 e. The fourth-order valence-corrected chi connectivity index (χ4v) is 4.11. The number of hydrogen-bond acceptors (Lipinski definition) is 5. The number of piperazine rings is 1. The maximum atomic E-state index is 12.5. The molecule has 0 radical (unpaired) electrons. The van der Waals surface area contributed by atoms with Gasteiger partial charge in [0.1, 0.15) is 11.4 Å². The summed E-state index contributed by atoms with van der Waals surface area (Å²) in [6.45, 7) is 4.39. The van der Waals surface area contributed by atoms with Crippen LogP contribution in [0.1, 0.15) is 10.5 Å². The van der Waals surface area contributed by atoms with Crippen molar-refractivity contribution in [3.05, 3.63) is 48.3 Å². The summed E-state index contributed by atoms with van der Waals surface area (Å²) < 4.78 is 5.48. The second-order valence-electron chi connectivity index (χ2n) is 7.12. The molecule has 0 spiro atoms. The Morgan fingerprint density at radius 2 is 1.89 bits per heavy atom. The third-order valence-corrected chi connectivity index (χ3v) is 5.58. The molecule has 2 aliphatic heterocycles. The van der Waals surface area contributed by atoms with Crippen LogP contribution in [0.15, 0.2) is 42.6 Å². The molecule has 2 fully saturated rings. The maximum absolute atomic E-state index is 12.5. The van der Waals surface area contributed by atoms with Gasteiger partial charge in [-0.3, -0.25) is 9.69 Å². The minimum atomic E-state index is -0.512. The average Bonchev–Trinajstić information content (AvgIpc) is 3.37. The number of H-pyrrole nitrogens is 1. The van der Waals surface area contributed by atoms with Crippen LogP contribution in [0.2, 0.25) is 0 Å². The van der Waals surface area contributed by atoms with Gasteiger partial charge in [-0.25, -0.2) is 0 Å². The van der Waals surface area contributed by atoms with Gasteiger partial charge in [-0.1, -0.05) is 12.1 Å². The van der Waals surface area contributed by atoms with E-state index >= 15 is 0 Å². The molecule has 144 valence electrons. The SMILES string of the molecule is COc1ccccc1N1CCN([C@@H]2CN(C(=O)c3ccc[nH]3)C[C@H]2O)CC1. The number of methoxy groups -OCH3 is 1. The lowest BCUT2D eigenvalue weighted by Gasteiger charge is -2.40. The van der Waals surface area contributed by atoms with Gasteiger partial charge in [-0.15, -0.1) is 0 Å². The molecule has 2 N–H and O–H groups in total. The van der Waals surface area contributed by atoms with E-state index in [1.54, 1.807) is 24.3 Å². The molecule has 2 aromatic rings. The van der Waals surface area contributed by atoms with E-state index in [2.05, 4.69) is 20.9 Å². The average molecular weight is 370 g/mol. The predicted octanol–water partition coefficient (Wildman–Crippen LogP) is 1.03. The van der Waals surface area contributed by atoms with Crippen molar-refractivity contribution < 1.29 is 14.6 Å². The van der Waals surface area contributed by atoms with Crippen LogP contribution in [0.3, 0.4) is 0 Å². The Bertz CT molecular complexity index is 771. The molecule has 4 rings (SSSR count). The molecule has 2 aliphatic rings. The summed E-state index contributed by atoms with van der Waals surface area (Å²) in [5.41, 5.74) is 1.68. The van der Waals surface area contributed by atoms with Gasteiger partial charge in [0.2, 0.25) is 0 Å². The van der Waals surface area contributed by atoms with Crippen LogP contribution in [0.5, 0.6) is 5.75 Å². The lowest BCUT2D eigenvalue weighted by Crippen LogP contribution is -2.53. The number of likely N-dealkylation sites (tertiary alicyclic amines) is 1. The topological polar surface area (TPSA) is 72.0 Å². The Kier molecular flexibility index (Phi) is 5.05. The van der Waals surface area contributed by atoms with Crippen LogP contribution >= 0.6 is 0 Å². The minimum Gasteiger partial charge on any atom is -0.495 e. The lowest BCUT2D eigenvalue weighted by atomic mass is 10.1. The maximum Gasteiger partial charge on any atom is 0.270 e. The van der Waals surface area contributed by atoms with Gasteiger partial charge in [-0.05, 0) is 24.3 Å². The first kappa shape index (κ1) is 17.9. The van der Waals surface area contributed by atoms with Gasteiger partial charge < -0.3 is 24.6 Å². The molecule has 7 heteroatoms. The molecule has 0 bridgehead atoms. The number of ether oxygens (including phenoxy) is 1. The Morgan fingerprint density at radius 1 is 1.11 bits per heavy atom. The zero-order valence-corrected chi connectivity index (χ0v) is 15.5. The first-order valence-corrected chi connectivity index (χ1v) is 9.40. The Balaban J connectivity index is 1.37. The van der Waals surface area contributed by atoms with E-state index in [-0.39, 0.29) is 11.9 Å². The van der Waals surface area contributed by atoms with E-state index in [0.717, 1.165) is 37.6 Å². The van der Waals surface area contributed by atoms with Crippen molar-refractivity contribution in [2.24, 2.45) is 0 Å². The van der Waals surface area contributed by atoms with Gasteiger partial charge in [0.15, 0.2) is 0 Å². The van der Waals surface area contributed by atoms with Crippen molar-refractivity contribution in [2.45, 2.75) is 12.1 Å². The van der Waals surface area contributed by atoms with E-state index < -0.39 is 6.10 Å². The van der Waals surface area contributed by atoms with E-state index in [9.17, 15) is 9.90 Å². The third kappa shape index (κ3) is 3.52. The molecular formula is C20H26N4O3. The number of hydrogen-bond donors (Lipinski definition) is 2. The molecular weight excluding hydrogens is 344 g/mol. The zero-order chi connectivity index (χ0) is 18.8. The summed E-state index contributed by atoms with van der Waals surface area (Å²) in [7, 11) is 1.69. The molecule has 1 amide bonds. The van der Waals surface area contributed by atoms with Crippen LogP contribution in [0, 0.1) is 0 Å². The number of β-amino-alcohol motifs (C(OH)–C–C–N with tert-alkyl or cyclic N) is 1. The Hall–Kier alpha value is -2.51. The van der Waals surface area contributed by atoms with E-state index in [1.807, 2.05) is 24.3 Å². The fourth-order valence-electron chi connectivity index (χ4n) is 4.11. The van der Waals surface area contributed by atoms with Gasteiger partial charge in [0.25, 0.3) is 5.91 Å². The standard InChI is InChI=1S/C20H26N4O3/c1-27-19-7-3-2-6-16(19)22-9-11-23(12-10-22)17-13-24(14-18(17)25)20(26)15-5-4-8-21-15/h2-8,17-18,21,25H,9-14H2,1H3/t17-,18-/m1/s1. The van der Waals surface area contributed by atoms with Crippen molar-refractivity contribution in [1.82, 2.24) is 14.8 Å². The van der Waals surface area contributed by atoms with Crippen molar-refractivity contribution >= 4 is 11.6 Å². The fraction of sp³-hybridized carbons (Fsp3) is 0.450. The molecule has 2 saturated heterocycles. The zero-order valence-electron chi connectivity index (χ0n) is 15.5. The van der Waals surface area contributed by atoms with Crippen molar-refractivity contribution in [1.29, 1.82) is 0 Å². The number of aliphatic hydroxyl groups is 1. The molecule has 1 aromatic heterocycles. The number of para-hydroxylation sites is 2. The molecule has 2 atom stereocenters. The van der Waals surface area contributed by atoms with Crippen LogP contribution in [0.25, 0.3) is 0 Å². The van der Waals surface area contributed by atoms with E-state index in [0.29, 0.717) is 18.8 Å². The summed E-state index contributed by atoms with van der Waals surface area (Å²) in [5, 5.41) is 10.5. The van der Waals surface area contributed by atoms with Crippen molar-refractivity contribution in [3.8, 4) is 5.75 Å². The van der Waals surface area contributed by atoms with Gasteiger partial charge in [0.05, 0.1) is 24.9 Å². The number of aliphatic hydroxyl groups excluding tert-OH is 1. The minimum absolute atomic E-state index is 0.0104. The second-order valence-corrected chi connectivity index (χ2v) is 7.12. The van der Waals surface area contributed by atoms with Gasteiger partial charge in [0, 0.05) is 45.5 Å². The molecule has 3 heterocycles. The number of aromatic nitrogens is 1. The number of carbonyl (C=O) groups excluding carboxylic acids is 1. The number of anilines is 1. The number of benzene rings is 1. The van der Waals surface area contributed by atoms with Crippen LogP contribution in [0.4, 0.5) is 5.69 Å². The molecule has 27 heavy (non-hydrogen) atoms. The third-order valence-electron chi connectivity index (χ3n) is 5.58. The second kappa shape index (κ2) is 7.62. The highest BCUT2D eigenvalue weighted by Crippen LogP contribution is 2.29. The Labute approximate surface area is 159 Å². The van der Waals surface area contributed by atoms with Gasteiger partial charge >= 0.3 is 0 Å². The summed E-state index contributed by atoms with van der Waals surface area (Å²) >= 11 is 0. The number of nitrogens with one attached hydrogen (secondary N) is 1. The number of carbonyl (C=O) groups is 1. The van der Waals surface area contributed by atoms with E-state index in [1.165, 1.54) is 0 Å². The van der Waals surface area contributed by atoms with E-state index in [4.69, 9.17) is 4.74 Å². The number of aromatic amines is 1. The summed E-state index contributed by atoms with van der Waals surface area (Å²) in [6.07, 6.45) is 1.23. The first-order valence-electron chi connectivity index (χ1n) is 9.40. The normalized spacial score (nSPS) is 23.6. The molecule has 0 saturated carbocycles. The number of rotatable bonds is 4. The highest BCUT2D eigenvalue weighted by Gasteiger charge is 2.39. The quantitative estimate of drug-likeness (QED) is 0.841. The highest BCUT2D eigenvalue weighted by atomic mass is 16.5. The molecule has 0 aliphatic carbocycles. The smallest absolute Gasteiger partial charge is 0.270 e. The molecule has 1 aromatic carbocycles. The van der Waals surface area contributed by atoms with Crippen LogP contribution < -0.4 is 9.64 Å². The summed E-state index contributed by atoms with van der Waals surface area (Å²) in [6, 6.07) is 11.6. The predicted molar refractivity (Wildman–Crippen MR) is 103 cm³/mol. The number of amides is 1. The lowest BCUT2D eigenvalue weighted by molar-refractivity contribution is 0.0751. The van der Waals surface area contributed by atoms with Crippen molar-refractivity contribution in [3.63, 3.8) is 0 Å². The molecule has 0 unspecified atom stereocenters.